The number of hydrogen-bond donors (Lipinski definition) is 0. The third-order valence-electron chi connectivity index (χ3n) is 1.20. The van der Waals surface area contributed by atoms with E-state index in [0.29, 0.717) is 0 Å². The van der Waals surface area contributed by atoms with Gasteiger partial charge in [0.05, 0.1) is 6.61 Å². The van der Waals surface area contributed by atoms with Crippen LogP contribution in [0, 0.1) is 10.1 Å². The molecule has 1 unspecified atom stereocenters. The number of rotatable bonds is 4. The van der Waals surface area contributed by atoms with Crippen molar-refractivity contribution in [2.75, 3.05) is 6.61 Å². The predicted molar refractivity (Wildman–Crippen MR) is 37.7 cm³/mol. The van der Waals surface area contributed by atoms with Gasteiger partial charge in [-0.15, -0.1) is 0 Å². The Labute approximate surface area is 64.5 Å². The van der Waals surface area contributed by atoms with Gasteiger partial charge in [-0.25, -0.2) is 0 Å². The molecule has 0 heterocycles. The fraction of sp³-hybridized carbons (Fsp3) is 0.833. The molecule has 0 spiro atoms. The summed E-state index contributed by atoms with van der Waals surface area (Å²) in [7, 11) is 0. The average Bonchev–Trinajstić information content (AvgIpc) is 1.86. The second-order valence-corrected chi connectivity index (χ2v) is 2.26. The van der Waals surface area contributed by atoms with Crippen molar-refractivity contribution in [3.05, 3.63) is 10.1 Å². The van der Waals surface area contributed by atoms with E-state index in [4.69, 9.17) is 0 Å². The number of carbonyl (C=O) groups is 1. The second-order valence-electron chi connectivity index (χ2n) is 2.26. The van der Waals surface area contributed by atoms with Gasteiger partial charge in [-0.3, -0.25) is 14.9 Å². The van der Waals surface area contributed by atoms with Gasteiger partial charge >= 0.3 is 5.97 Å². The first-order chi connectivity index (χ1) is 5.04. The zero-order valence-corrected chi connectivity index (χ0v) is 6.57. The molecular weight excluding hydrogens is 150 g/mol. The molecule has 0 saturated carbocycles. The molecule has 0 aliphatic carbocycles. The minimum Gasteiger partial charge on any atom is -0.466 e. The molecule has 0 fully saturated rings. The highest BCUT2D eigenvalue weighted by molar-refractivity contribution is 5.65. The van der Waals surface area contributed by atoms with Crippen LogP contribution in [0.1, 0.15) is 20.3 Å². The molecule has 1 atom stereocenters. The number of carbonyl (C=O) groups excluding carboxylic acids is 1. The third-order valence-corrected chi connectivity index (χ3v) is 1.20. The lowest BCUT2D eigenvalue weighted by molar-refractivity contribution is -0.519. The zero-order valence-electron chi connectivity index (χ0n) is 6.57. The van der Waals surface area contributed by atoms with E-state index >= 15 is 0 Å². The Bertz CT molecular complexity index is 157. The minimum absolute atomic E-state index is 0.122. The molecule has 0 aromatic carbocycles. The molecule has 0 saturated heterocycles. The summed E-state index contributed by atoms with van der Waals surface area (Å²) in [4.78, 5) is 19.8. The number of nitrogens with zero attached hydrogens (tertiary/aromatic N) is 1. The molecule has 0 rings (SSSR count). The van der Waals surface area contributed by atoms with Crippen LogP contribution in [0.3, 0.4) is 0 Å². The van der Waals surface area contributed by atoms with Crippen LogP contribution in [0.15, 0.2) is 0 Å². The molecular formula is C6H11NO4. The molecule has 0 N–H and O–H groups in total. The summed E-state index contributed by atoms with van der Waals surface area (Å²) >= 11 is 0. The van der Waals surface area contributed by atoms with Crippen LogP contribution in [0.4, 0.5) is 0 Å². The third kappa shape index (κ3) is 5.32. The summed E-state index contributed by atoms with van der Waals surface area (Å²) in [6.07, 6.45) is 0.270. The Hall–Kier alpha value is -1.13. The van der Waals surface area contributed by atoms with E-state index in [0.717, 1.165) is 0 Å². The number of ether oxygens (including phenoxy) is 1. The number of hydrogen-bond acceptors (Lipinski definition) is 4. The maximum absolute atomic E-state index is 10.2. The van der Waals surface area contributed by atoms with Crippen molar-refractivity contribution in [3.63, 3.8) is 0 Å². The first kappa shape index (κ1) is 9.87. The van der Waals surface area contributed by atoms with Crippen molar-refractivity contribution in [1.29, 1.82) is 0 Å². The van der Waals surface area contributed by atoms with Gasteiger partial charge in [0, 0.05) is 25.2 Å². The molecule has 64 valence electrons. The Kier molecular flexibility index (Phi) is 4.17. The maximum atomic E-state index is 10.2. The SMILES string of the molecule is CC(=O)OCCC(C)[N+](=O)[O-]. The van der Waals surface area contributed by atoms with E-state index in [-0.39, 0.29) is 13.0 Å². The molecule has 5 heteroatoms. The fourth-order valence-electron chi connectivity index (χ4n) is 0.479. The Morgan fingerprint density at radius 3 is 2.64 bits per heavy atom. The fourth-order valence-corrected chi connectivity index (χ4v) is 0.479. The quantitative estimate of drug-likeness (QED) is 0.344. The monoisotopic (exact) mass is 161 g/mol. The maximum Gasteiger partial charge on any atom is 0.302 e. The summed E-state index contributed by atoms with van der Waals surface area (Å²) in [6.45, 7) is 2.87. The Morgan fingerprint density at radius 2 is 2.27 bits per heavy atom. The largest absolute Gasteiger partial charge is 0.466 e. The van der Waals surface area contributed by atoms with Crippen molar-refractivity contribution in [3.8, 4) is 0 Å². The van der Waals surface area contributed by atoms with E-state index in [1.807, 2.05) is 0 Å². The van der Waals surface area contributed by atoms with E-state index in [2.05, 4.69) is 4.74 Å². The lowest BCUT2D eigenvalue weighted by atomic mass is 10.3. The molecule has 0 aliphatic heterocycles. The van der Waals surface area contributed by atoms with Crippen molar-refractivity contribution < 1.29 is 14.5 Å². The van der Waals surface area contributed by atoms with Gasteiger partial charge in [-0.2, -0.15) is 0 Å². The Morgan fingerprint density at radius 1 is 1.73 bits per heavy atom. The second kappa shape index (κ2) is 4.65. The van der Waals surface area contributed by atoms with Crippen molar-refractivity contribution >= 4 is 5.97 Å². The number of esters is 1. The normalized spacial score (nSPS) is 12.2. The minimum atomic E-state index is -0.644. The van der Waals surface area contributed by atoms with Crippen LogP contribution in [0.5, 0.6) is 0 Å². The van der Waals surface area contributed by atoms with Crippen molar-refractivity contribution in [2.45, 2.75) is 26.3 Å². The lowest BCUT2D eigenvalue weighted by Crippen LogP contribution is -2.17. The van der Waals surface area contributed by atoms with Crippen molar-refractivity contribution in [2.24, 2.45) is 0 Å². The van der Waals surface area contributed by atoms with E-state index in [1.165, 1.54) is 13.8 Å². The van der Waals surface area contributed by atoms with Gasteiger partial charge in [0.2, 0.25) is 6.04 Å². The molecule has 0 radical (unpaired) electrons. The lowest BCUT2D eigenvalue weighted by Gasteiger charge is -2.02. The van der Waals surface area contributed by atoms with Crippen LogP contribution in [-0.2, 0) is 9.53 Å². The summed E-state index contributed by atoms with van der Waals surface area (Å²) in [5.74, 6) is -0.402. The standard InChI is InChI=1S/C6H11NO4/c1-5(7(9)10)3-4-11-6(2)8/h5H,3-4H2,1-2H3. The highest BCUT2D eigenvalue weighted by Crippen LogP contribution is 1.95. The summed E-state index contributed by atoms with van der Waals surface area (Å²) in [6, 6.07) is -0.644. The highest BCUT2D eigenvalue weighted by Gasteiger charge is 2.12. The summed E-state index contributed by atoms with van der Waals surface area (Å²) in [5.41, 5.74) is 0. The van der Waals surface area contributed by atoms with Crippen LogP contribution in [0.2, 0.25) is 0 Å². The summed E-state index contributed by atoms with van der Waals surface area (Å²) < 4.78 is 4.52. The zero-order chi connectivity index (χ0) is 8.85. The molecule has 0 aliphatic rings. The van der Waals surface area contributed by atoms with Crippen LogP contribution in [0.25, 0.3) is 0 Å². The molecule has 0 bridgehead atoms. The smallest absolute Gasteiger partial charge is 0.302 e. The molecule has 5 nitrogen and oxygen atoms in total. The van der Waals surface area contributed by atoms with Crippen LogP contribution < -0.4 is 0 Å². The summed E-state index contributed by atoms with van der Waals surface area (Å²) in [5, 5.41) is 10.0. The van der Waals surface area contributed by atoms with Gasteiger partial charge in [0.1, 0.15) is 0 Å². The molecule has 11 heavy (non-hydrogen) atoms. The van der Waals surface area contributed by atoms with E-state index in [1.54, 1.807) is 0 Å². The first-order valence-electron chi connectivity index (χ1n) is 3.31. The highest BCUT2D eigenvalue weighted by atomic mass is 16.6. The topological polar surface area (TPSA) is 69.4 Å². The Balaban J connectivity index is 3.39. The van der Waals surface area contributed by atoms with E-state index in [9.17, 15) is 14.9 Å². The average molecular weight is 161 g/mol. The van der Waals surface area contributed by atoms with Gasteiger partial charge in [0.25, 0.3) is 0 Å². The van der Waals surface area contributed by atoms with Gasteiger partial charge in [-0.05, 0) is 0 Å². The van der Waals surface area contributed by atoms with Gasteiger partial charge < -0.3 is 4.74 Å². The van der Waals surface area contributed by atoms with Gasteiger partial charge in [0.15, 0.2) is 0 Å². The van der Waals surface area contributed by atoms with Crippen molar-refractivity contribution in [1.82, 2.24) is 0 Å². The first-order valence-corrected chi connectivity index (χ1v) is 3.31. The predicted octanol–water partition coefficient (Wildman–Crippen LogP) is 0.605. The van der Waals surface area contributed by atoms with Crippen LogP contribution in [-0.4, -0.2) is 23.5 Å². The number of nitro groups is 1. The molecule has 0 aromatic heterocycles. The van der Waals surface area contributed by atoms with E-state index < -0.39 is 16.9 Å². The molecule has 0 aromatic rings. The van der Waals surface area contributed by atoms with Gasteiger partial charge in [-0.1, -0.05) is 0 Å². The molecule has 0 amide bonds. The van der Waals surface area contributed by atoms with Crippen LogP contribution >= 0.6 is 0 Å².